The van der Waals surface area contributed by atoms with E-state index in [0.29, 0.717) is 23.2 Å². The highest BCUT2D eigenvalue weighted by atomic mass is 19.4. The van der Waals surface area contributed by atoms with E-state index in [2.05, 4.69) is 0 Å². The van der Waals surface area contributed by atoms with Crippen molar-refractivity contribution in [3.63, 3.8) is 0 Å². The van der Waals surface area contributed by atoms with Crippen molar-refractivity contribution >= 4 is 28.9 Å². The molecule has 5 nitrogen and oxygen atoms in total. The van der Waals surface area contributed by atoms with Crippen LogP contribution >= 0.6 is 0 Å². The van der Waals surface area contributed by atoms with E-state index in [1.54, 1.807) is 50.2 Å². The first-order valence-corrected chi connectivity index (χ1v) is 11.4. The molecule has 180 valence electrons. The molecule has 5 rings (SSSR count). The van der Waals surface area contributed by atoms with Crippen LogP contribution in [0, 0.1) is 6.92 Å². The van der Waals surface area contributed by atoms with Gasteiger partial charge in [-0.1, -0.05) is 24.3 Å². The molecule has 35 heavy (non-hydrogen) atoms. The van der Waals surface area contributed by atoms with Crippen LogP contribution in [-0.2, 0) is 27.6 Å². The maximum atomic E-state index is 14.5. The summed E-state index contributed by atoms with van der Waals surface area (Å²) in [5.41, 5.74) is -0.115. The van der Waals surface area contributed by atoms with Gasteiger partial charge in [0.25, 0.3) is 5.91 Å². The monoisotopic (exact) mass is 480 g/mol. The van der Waals surface area contributed by atoms with Gasteiger partial charge in [0.05, 0.1) is 16.9 Å². The third-order valence-electron chi connectivity index (χ3n) is 7.12. The lowest BCUT2D eigenvalue weighted by Gasteiger charge is -2.32. The molecule has 1 spiro atoms. The van der Waals surface area contributed by atoms with Crippen molar-refractivity contribution in [1.82, 2.24) is 0 Å². The van der Waals surface area contributed by atoms with E-state index >= 15 is 0 Å². The van der Waals surface area contributed by atoms with Gasteiger partial charge in [0, 0.05) is 12.2 Å². The Morgan fingerprint density at radius 1 is 0.971 bits per heavy atom. The summed E-state index contributed by atoms with van der Waals surface area (Å²) in [6.07, 6.45) is -4.08. The van der Waals surface area contributed by atoms with Gasteiger partial charge < -0.3 is 10.0 Å². The lowest BCUT2D eigenvalue weighted by atomic mass is 9.78. The number of hydrogen-bond acceptors (Lipinski definition) is 3. The van der Waals surface area contributed by atoms with E-state index in [-0.39, 0.29) is 30.1 Å². The molecule has 1 heterocycles. The van der Waals surface area contributed by atoms with E-state index in [1.807, 2.05) is 0 Å². The number of nitrogens with zero attached hydrogens (tertiary/aromatic N) is 2. The van der Waals surface area contributed by atoms with Crippen molar-refractivity contribution in [3.05, 3.63) is 82.9 Å². The van der Waals surface area contributed by atoms with Gasteiger partial charge in [-0.2, -0.15) is 13.2 Å². The number of hydrogen-bond donors (Lipinski definition) is 1. The highest BCUT2D eigenvalue weighted by molar-refractivity contribution is 6.27. The molecule has 1 N–H and O–H groups in total. The number of carbonyl (C=O) groups excluding carboxylic acids is 2. The van der Waals surface area contributed by atoms with Crippen LogP contribution in [0.1, 0.15) is 35.6 Å². The first kappa shape index (κ1) is 23.0. The van der Waals surface area contributed by atoms with Crippen LogP contribution in [0.3, 0.4) is 0 Å². The summed E-state index contributed by atoms with van der Waals surface area (Å²) >= 11 is 0. The Labute approximate surface area is 200 Å². The molecule has 1 aliphatic carbocycles. The maximum Gasteiger partial charge on any atom is 0.416 e. The summed E-state index contributed by atoms with van der Waals surface area (Å²) in [6.45, 7) is 3.63. The fourth-order valence-electron chi connectivity index (χ4n) is 5.34. The minimum absolute atomic E-state index is 0.00653. The molecule has 0 aromatic heterocycles. The SMILES string of the molecule is CCN1C(=O)C2(CCc3c2ccc(O)c3C)C(=O)N(c2ccccc2)c2cc(C(F)(F)F)ccc21. The Kier molecular flexibility index (Phi) is 5.16. The third kappa shape index (κ3) is 3.23. The van der Waals surface area contributed by atoms with Crippen molar-refractivity contribution in [3.8, 4) is 5.75 Å². The highest BCUT2D eigenvalue weighted by Gasteiger charge is 2.58. The predicted octanol–water partition coefficient (Wildman–Crippen LogP) is 5.63. The van der Waals surface area contributed by atoms with Crippen molar-refractivity contribution in [2.45, 2.75) is 38.3 Å². The normalized spacial score (nSPS) is 19.7. The van der Waals surface area contributed by atoms with E-state index in [0.717, 1.165) is 17.7 Å². The van der Waals surface area contributed by atoms with Crippen molar-refractivity contribution in [1.29, 1.82) is 0 Å². The number of aromatic hydroxyl groups is 1. The van der Waals surface area contributed by atoms with Gasteiger partial charge in [0.1, 0.15) is 5.75 Å². The number of phenols is 1. The average Bonchev–Trinajstić information content (AvgIpc) is 3.20. The molecular formula is C27H23F3N2O3. The number of fused-ring (bicyclic) bond motifs is 3. The van der Waals surface area contributed by atoms with E-state index < -0.39 is 29.0 Å². The van der Waals surface area contributed by atoms with Crippen molar-refractivity contribution in [2.24, 2.45) is 0 Å². The average molecular weight is 480 g/mol. The summed E-state index contributed by atoms with van der Waals surface area (Å²) in [7, 11) is 0. The number of halogens is 3. The van der Waals surface area contributed by atoms with Gasteiger partial charge in [0.15, 0.2) is 5.41 Å². The molecule has 1 atom stereocenters. The Hall–Kier alpha value is -3.81. The van der Waals surface area contributed by atoms with Crippen LogP contribution in [0.15, 0.2) is 60.7 Å². The molecule has 0 radical (unpaired) electrons. The predicted molar refractivity (Wildman–Crippen MR) is 126 cm³/mol. The number of para-hydroxylation sites is 1. The number of likely N-dealkylation sites (N-methyl/N-ethyl adjacent to an activating group) is 1. The van der Waals surface area contributed by atoms with Gasteiger partial charge >= 0.3 is 6.18 Å². The maximum absolute atomic E-state index is 14.5. The molecule has 0 saturated heterocycles. The van der Waals surface area contributed by atoms with Gasteiger partial charge in [-0.15, -0.1) is 0 Å². The second-order valence-electron chi connectivity index (χ2n) is 8.87. The number of phenolic OH excluding ortho intramolecular Hbond substituents is 1. The van der Waals surface area contributed by atoms with Crippen LogP contribution in [0.4, 0.5) is 30.2 Å². The Morgan fingerprint density at radius 2 is 1.69 bits per heavy atom. The van der Waals surface area contributed by atoms with E-state index in [9.17, 15) is 27.9 Å². The zero-order valence-corrected chi connectivity index (χ0v) is 19.2. The molecule has 1 unspecified atom stereocenters. The molecule has 2 amide bonds. The van der Waals surface area contributed by atoms with Gasteiger partial charge in [-0.25, -0.2) is 0 Å². The van der Waals surface area contributed by atoms with Gasteiger partial charge in [-0.3, -0.25) is 14.5 Å². The standard InChI is InChI=1S/C27H23F3N2O3/c1-3-31-21-11-9-17(27(28,29)30)15-22(21)32(18-7-5-4-6-8-18)25(35)26(24(31)34)14-13-19-16(2)23(33)12-10-20(19)26/h4-12,15,33H,3,13-14H2,1-2H3. The molecule has 0 bridgehead atoms. The first-order valence-electron chi connectivity index (χ1n) is 11.4. The molecule has 3 aromatic carbocycles. The van der Waals surface area contributed by atoms with Crippen LogP contribution in [0.25, 0.3) is 0 Å². The summed E-state index contributed by atoms with van der Waals surface area (Å²) in [4.78, 5) is 31.3. The number of alkyl halides is 3. The molecule has 2 aliphatic rings. The molecule has 3 aromatic rings. The molecule has 0 fully saturated rings. The Bertz CT molecular complexity index is 1350. The molecular weight excluding hydrogens is 457 g/mol. The molecule has 1 aliphatic heterocycles. The Morgan fingerprint density at radius 3 is 2.34 bits per heavy atom. The number of anilines is 3. The van der Waals surface area contributed by atoms with Gasteiger partial charge in [0.2, 0.25) is 5.91 Å². The number of rotatable bonds is 2. The Balaban J connectivity index is 1.84. The van der Waals surface area contributed by atoms with Crippen LogP contribution < -0.4 is 9.80 Å². The van der Waals surface area contributed by atoms with E-state index in [1.165, 1.54) is 21.9 Å². The summed E-state index contributed by atoms with van der Waals surface area (Å²) < 4.78 is 41.1. The third-order valence-corrected chi connectivity index (χ3v) is 7.12. The van der Waals surface area contributed by atoms with Gasteiger partial charge in [-0.05, 0) is 79.8 Å². The van der Waals surface area contributed by atoms with Crippen LogP contribution in [0.5, 0.6) is 5.75 Å². The second-order valence-corrected chi connectivity index (χ2v) is 8.87. The summed E-state index contributed by atoms with van der Waals surface area (Å²) in [5.74, 6) is -1.01. The van der Waals surface area contributed by atoms with Crippen LogP contribution in [-0.4, -0.2) is 23.5 Å². The minimum Gasteiger partial charge on any atom is -0.508 e. The smallest absolute Gasteiger partial charge is 0.416 e. The fourth-order valence-corrected chi connectivity index (χ4v) is 5.34. The fraction of sp³-hybridized carbons (Fsp3) is 0.259. The molecule has 8 heteroatoms. The number of carbonyl (C=O) groups is 2. The number of amides is 2. The zero-order chi connectivity index (χ0) is 25.1. The van der Waals surface area contributed by atoms with Crippen LogP contribution in [0.2, 0.25) is 0 Å². The van der Waals surface area contributed by atoms with Crippen molar-refractivity contribution in [2.75, 3.05) is 16.3 Å². The van der Waals surface area contributed by atoms with Crippen molar-refractivity contribution < 1.29 is 27.9 Å². The minimum atomic E-state index is -4.62. The first-order chi connectivity index (χ1) is 16.6. The largest absolute Gasteiger partial charge is 0.508 e. The quantitative estimate of drug-likeness (QED) is 0.484. The highest BCUT2D eigenvalue weighted by Crippen LogP contribution is 2.51. The molecule has 0 saturated carbocycles. The lowest BCUT2D eigenvalue weighted by Crippen LogP contribution is -2.53. The van der Waals surface area contributed by atoms with E-state index in [4.69, 9.17) is 0 Å². The number of benzene rings is 3. The summed E-state index contributed by atoms with van der Waals surface area (Å²) in [6, 6.07) is 14.6. The second kappa shape index (κ2) is 7.86. The summed E-state index contributed by atoms with van der Waals surface area (Å²) in [5, 5.41) is 10.2. The topological polar surface area (TPSA) is 60.9 Å². The lowest BCUT2D eigenvalue weighted by molar-refractivity contribution is -0.138. The zero-order valence-electron chi connectivity index (χ0n) is 19.2.